The van der Waals surface area contributed by atoms with Crippen LogP contribution in [-0.2, 0) is 0 Å². The molecule has 0 bridgehead atoms. The van der Waals surface area contributed by atoms with Crippen LogP contribution in [0, 0.1) is 11.8 Å². The van der Waals surface area contributed by atoms with Crippen LogP contribution in [0.25, 0.3) is 5.95 Å². The van der Waals surface area contributed by atoms with Crippen LogP contribution in [0.3, 0.4) is 0 Å². The van der Waals surface area contributed by atoms with Gasteiger partial charge in [0.1, 0.15) is 12.7 Å². The lowest BCUT2D eigenvalue weighted by Crippen LogP contribution is -2.16. The maximum atomic E-state index is 5.89. The SMILES string of the molecule is CC(CNc1nc(Cl)nc(-n2cncn2)n1)C1CC1. The summed E-state index contributed by atoms with van der Waals surface area (Å²) in [6, 6.07) is 0. The molecule has 2 aromatic heterocycles. The van der Waals surface area contributed by atoms with E-state index in [1.807, 2.05) is 0 Å². The molecule has 8 heteroatoms. The van der Waals surface area contributed by atoms with Gasteiger partial charge in [-0.2, -0.15) is 24.7 Å². The van der Waals surface area contributed by atoms with E-state index in [1.54, 1.807) is 0 Å². The zero-order valence-electron chi connectivity index (χ0n) is 10.5. The van der Waals surface area contributed by atoms with E-state index in [2.05, 4.69) is 37.3 Å². The highest BCUT2D eigenvalue weighted by Crippen LogP contribution is 2.36. The number of nitrogens with one attached hydrogen (secondary N) is 1. The fourth-order valence-electron chi connectivity index (χ4n) is 1.92. The zero-order chi connectivity index (χ0) is 13.2. The van der Waals surface area contributed by atoms with Crippen LogP contribution in [0.15, 0.2) is 12.7 Å². The van der Waals surface area contributed by atoms with Gasteiger partial charge in [0, 0.05) is 6.54 Å². The fourth-order valence-corrected chi connectivity index (χ4v) is 2.07. The summed E-state index contributed by atoms with van der Waals surface area (Å²) in [5, 5.41) is 7.31. The second-order valence-electron chi connectivity index (χ2n) is 4.76. The first-order valence-electron chi connectivity index (χ1n) is 6.23. The van der Waals surface area contributed by atoms with Crippen LogP contribution in [-0.4, -0.2) is 36.3 Å². The molecular weight excluding hydrogens is 266 g/mol. The zero-order valence-corrected chi connectivity index (χ0v) is 11.2. The van der Waals surface area contributed by atoms with Crippen LogP contribution >= 0.6 is 11.6 Å². The van der Waals surface area contributed by atoms with Gasteiger partial charge in [-0.3, -0.25) is 0 Å². The van der Waals surface area contributed by atoms with Crippen molar-refractivity contribution in [3.05, 3.63) is 17.9 Å². The van der Waals surface area contributed by atoms with Crippen molar-refractivity contribution in [1.29, 1.82) is 0 Å². The van der Waals surface area contributed by atoms with E-state index in [1.165, 1.54) is 30.2 Å². The van der Waals surface area contributed by atoms with E-state index in [0.29, 0.717) is 17.8 Å². The second-order valence-corrected chi connectivity index (χ2v) is 5.10. The normalized spacial score (nSPS) is 16.3. The Morgan fingerprint density at radius 2 is 2.26 bits per heavy atom. The second kappa shape index (κ2) is 5.08. The van der Waals surface area contributed by atoms with Crippen LogP contribution in [0.2, 0.25) is 5.28 Å². The first kappa shape index (κ1) is 12.3. The Labute approximate surface area is 115 Å². The molecule has 2 heterocycles. The Morgan fingerprint density at radius 3 is 2.95 bits per heavy atom. The molecule has 0 spiro atoms. The van der Waals surface area contributed by atoms with Crippen LogP contribution < -0.4 is 5.32 Å². The summed E-state index contributed by atoms with van der Waals surface area (Å²) in [4.78, 5) is 16.2. The first-order valence-corrected chi connectivity index (χ1v) is 6.60. The third-order valence-corrected chi connectivity index (χ3v) is 3.40. The van der Waals surface area contributed by atoms with Crippen molar-refractivity contribution in [3.63, 3.8) is 0 Å². The summed E-state index contributed by atoms with van der Waals surface area (Å²) in [7, 11) is 0. The molecule has 19 heavy (non-hydrogen) atoms. The standard InChI is InChI=1S/C11H14ClN7/c1-7(8-2-3-8)4-14-10-16-9(12)17-11(18-10)19-6-13-5-15-19/h5-8H,2-4H2,1H3,(H,14,16,17,18). The molecule has 1 aliphatic carbocycles. The number of anilines is 1. The van der Waals surface area contributed by atoms with Crippen molar-refractivity contribution in [2.24, 2.45) is 11.8 Å². The van der Waals surface area contributed by atoms with E-state index in [9.17, 15) is 0 Å². The Morgan fingerprint density at radius 1 is 1.42 bits per heavy atom. The Kier molecular flexibility index (Phi) is 3.29. The molecule has 1 fully saturated rings. The Hall–Kier alpha value is -1.76. The average molecular weight is 280 g/mol. The molecule has 0 saturated heterocycles. The quantitative estimate of drug-likeness (QED) is 0.894. The topological polar surface area (TPSA) is 81.4 Å². The van der Waals surface area contributed by atoms with Gasteiger partial charge in [-0.15, -0.1) is 0 Å². The number of nitrogens with zero attached hydrogens (tertiary/aromatic N) is 6. The molecule has 1 unspecified atom stereocenters. The van der Waals surface area contributed by atoms with Gasteiger partial charge in [0.05, 0.1) is 0 Å². The van der Waals surface area contributed by atoms with Gasteiger partial charge in [-0.05, 0) is 36.3 Å². The van der Waals surface area contributed by atoms with Crippen molar-refractivity contribution in [3.8, 4) is 5.95 Å². The monoisotopic (exact) mass is 279 g/mol. The highest BCUT2D eigenvalue weighted by molar-refractivity contribution is 6.28. The van der Waals surface area contributed by atoms with Crippen LogP contribution in [0.5, 0.6) is 0 Å². The lowest BCUT2D eigenvalue weighted by molar-refractivity contribution is 0.534. The average Bonchev–Trinajstić information content (AvgIpc) is 3.10. The summed E-state index contributed by atoms with van der Waals surface area (Å²) >= 11 is 5.89. The fraction of sp³-hybridized carbons (Fsp3) is 0.545. The van der Waals surface area contributed by atoms with Crippen molar-refractivity contribution >= 4 is 17.5 Å². The number of hydrogen-bond donors (Lipinski definition) is 1. The third-order valence-electron chi connectivity index (χ3n) is 3.23. The molecule has 100 valence electrons. The van der Waals surface area contributed by atoms with Gasteiger partial charge in [0.25, 0.3) is 5.95 Å². The van der Waals surface area contributed by atoms with Crippen molar-refractivity contribution in [2.75, 3.05) is 11.9 Å². The predicted octanol–water partition coefficient (Wildman–Crippen LogP) is 1.56. The first-order chi connectivity index (χ1) is 9.22. The van der Waals surface area contributed by atoms with Gasteiger partial charge in [0.15, 0.2) is 0 Å². The minimum absolute atomic E-state index is 0.141. The number of halogens is 1. The van der Waals surface area contributed by atoms with Crippen LogP contribution in [0.4, 0.5) is 5.95 Å². The molecular formula is C11H14ClN7. The molecule has 1 N–H and O–H groups in total. The minimum Gasteiger partial charge on any atom is -0.354 e. The summed E-state index contributed by atoms with van der Waals surface area (Å²) < 4.78 is 1.45. The van der Waals surface area contributed by atoms with Gasteiger partial charge < -0.3 is 5.32 Å². The summed E-state index contributed by atoms with van der Waals surface area (Å²) in [5.74, 6) is 2.28. The van der Waals surface area contributed by atoms with Crippen molar-refractivity contribution in [2.45, 2.75) is 19.8 Å². The largest absolute Gasteiger partial charge is 0.354 e. The summed E-state index contributed by atoms with van der Waals surface area (Å²) in [6.07, 6.45) is 5.58. The maximum absolute atomic E-state index is 5.89. The summed E-state index contributed by atoms with van der Waals surface area (Å²) in [5.41, 5.74) is 0. The molecule has 0 aliphatic heterocycles. The molecule has 1 saturated carbocycles. The lowest BCUT2D eigenvalue weighted by atomic mass is 10.1. The molecule has 0 radical (unpaired) electrons. The third kappa shape index (κ3) is 2.98. The number of rotatable bonds is 5. The van der Waals surface area contributed by atoms with Gasteiger partial charge in [-0.1, -0.05) is 6.92 Å². The van der Waals surface area contributed by atoms with E-state index in [4.69, 9.17) is 11.6 Å². The molecule has 0 amide bonds. The molecule has 0 aromatic carbocycles. The van der Waals surface area contributed by atoms with Gasteiger partial charge >= 0.3 is 0 Å². The van der Waals surface area contributed by atoms with E-state index >= 15 is 0 Å². The molecule has 1 atom stereocenters. The Bertz CT molecular complexity index is 552. The van der Waals surface area contributed by atoms with E-state index < -0.39 is 0 Å². The van der Waals surface area contributed by atoms with Gasteiger partial charge in [0.2, 0.25) is 11.2 Å². The molecule has 7 nitrogen and oxygen atoms in total. The highest BCUT2D eigenvalue weighted by atomic mass is 35.5. The minimum atomic E-state index is 0.141. The maximum Gasteiger partial charge on any atom is 0.258 e. The van der Waals surface area contributed by atoms with Gasteiger partial charge in [-0.25, -0.2) is 4.98 Å². The van der Waals surface area contributed by atoms with Crippen LogP contribution in [0.1, 0.15) is 19.8 Å². The number of hydrogen-bond acceptors (Lipinski definition) is 6. The highest BCUT2D eigenvalue weighted by Gasteiger charge is 2.27. The smallest absolute Gasteiger partial charge is 0.258 e. The van der Waals surface area contributed by atoms with E-state index in [0.717, 1.165) is 12.5 Å². The number of aromatic nitrogens is 6. The Balaban J connectivity index is 1.74. The van der Waals surface area contributed by atoms with Crippen molar-refractivity contribution < 1.29 is 0 Å². The molecule has 2 aromatic rings. The molecule has 1 aliphatic rings. The molecule has 3 rings (SSSR count). The lowest BCUT2D eigenvalue weighted by Gasteiger charge is -2.11. The summed E-state index contributed by atoms with van der Waals surface area (Å²) in [6.45, 7) is 3.06. The van der Waals surface area contributed by atoms with E-state index in [-0.39, 0.29) is 5.28 Å². The predicted molar refractivity (Wildman–Crippen MR) is 70.1 cm³/mol. The van der Waals surface area contributed by atoms with Crippen molar-refractivity contribution in [1.82, 2.24) is 29.7 Å².